The van der Waals surface area contributed by atoms with E-state index in [1.807, 2.05) is 30.3 Å². The first-order valence-electron chi connectivity index (χ1n) is 6.31. The van der Waals surface area contributed by atoms with Gasteiger partial charge in [0.2, 0.25) is 10.0 Å². The Morgan fingerprint density at radius 2 is 1.90 bits per heavy atom. The summed E-state index contributed by atoms with van der Waals surface area (Å²) in [5, 5.41) is 10.6. The Bertz CT molecular complexity index is 722. The van der Waals surface area contributed by atoms with Crippen LogP contribution in [0.3, 0.4) is 0 Å². The third-order valence-electron chi connectivity index (χ3n) is 3.00. The smallest absolute Gasteiger partial charge is 0.347 e. The zero-order valence-electron chi connectivity index (χ0n) is 11.4. The highest BCUT2D eigenvalue weighted by Crippen LogP contribution is 2.26. The van der Waals surface area contributed by atoms with Crippen LogP contribution in [0.5, 0.6) is 0 Å². The number of carbonyl (C=O) groups is 1. The Balaban J connectivity index is 2.36. The van der Waals surface area contributed by atoms with Crippen LogP contribution in [0.15, 0.2) is 46.7 Å². The number of carboxylic acid groups (broad SMARTS) is 1. The SMILES string of the molecule is CCN(Cc1ccccc1)S(=O)(=O)c1ccsc1C(=O)O. The number of sulfonamides is 1. The highest BCUT2D eigenvalue weighted by atomic mass is 32.2. The lowest BCUT2D eigenvalue weighted by molar-refractivity contribution is 0.0698. The molecule has 0 aliphatic carbocycles. The maximum absolute atomic E-state index is 12.6. The summed E-state index contributed by atoms with van der Waals surface area (Å²) in [6.07, 6.45) is 0. The van der Waals surface area contributed by atoms with Crippen LogP contribution in [0.2, 0.25) is 0 Å². The fraction of sp³-hybridized carbons (Fsp3) is 0.214. The van der Waals surface area contributed by atoms with Crippen LogP contribution in [-0.2, 0) is 16.6 Å². The molecular weight excluding hydrogens is 310 g/mol. The van der Waals surface area contributed by atoms with Gasteiger partial charge in [0.1, 0.15) is 9.77 Å². The number of hydrogen-bond acceptors (Lipinski definition) is 4. The number of benzene rings is 1. The van der Waals surface area contributed by atoms with Gasteiger partial charge in [0.25, 0.3) is 0 Å². The Labute approximate surface area is 127 Å². The zero-order chi connectivity index (χ0) is 15.5. The van der Waals surface area contributed by atoms with Gasteiger partial charge in [-0.1, -0.05) is 37.3 Å². The molecule has 0 bridgehead atoms. The molecule has 7 heteroatoms. The first-order chi connectivity index (χ1) is 9.96. The van der Waals surface area contributed by atoms with E-state index in [1.165, 1.54) is 15.8 Å². The summed E-state index contributed by atoms with van der Waals surface area (Å²) in [6.45, 7) is 2.22. The van der Waals surface area contributed by atoms with Crippen molar-refractivity contribution >= 4 is 27.3 Å². The van der Waals surface area contributed by atoms with Gasteiger partial charge in [0.15, 0.2) is 0 Å². The maximum atomic E-state index is 12.6. The number of carboxylic acids is 1. The Hall–Kier alpha value is -1.70. The van der Waals surface area contributed by atoms with Gasteiger partial charge in [0.05, 0.1) is 0 Å². The van der Waals surface area contributed by atoms with E-state index in [2.05, 4.69) is 0 Å². The summed E-state index contributed by atoms with van der Waals surface area (Å²) in [7, 11) is -3.82. The van der Waals surface area contributed by atoms with Gasteiger partial charge in [-0.3, -0.25) is 0 Å². The van der Waals surface area contributed by atoms with Crippen LogP contribution < -0.4 is 0 Å². The number of hydrogen-bond donors (Lipinski definition) is 1. The van der Waals surface area contributed by atoms with E-state index < -0.39 is 16.0 Å². The highest BCUT2D eigenvalue weighted by Gasteiger charge is 2.29. The molecule has 1 aromatic heterocycles. The minimum atomic E-state index is -3.82. The molecule has 0 atom stereocenters. The van der Waals surface area contributed by atoms with E-state index >= 15 is 0 Å². The second-order valence-electron chi connectivity index (χ2n) is 4.34. The van der Waals surface area contributed by atoms with Gasteiger partial charge in [-0.25, -0.2) is 13.2 Å². The minimum Gasteiger partial charge on any atom is -0.477 e. The predicted octanol–water partition coefficient (Wildman–Crippen LogP) is 2.66. The second kappa shape index (κ2) is 6.38. The van der Waals surface area contributed by atoms with Crippen molar-refractivity contribution in [3.05, 3.63) is 52.2 Å². The topological polar surface area (TPSA) is 74.7 Å². The lowest BCUT2D eigenvalue weighted by atomic mass is 10.2. The van der Waals surface area contributed by atoms with Crippen LogP contribution in [0.4, 0.5) is 0 Å². The molecule has 0 unspecified atom stereocenters. The summed E-state index contributed by atoms with van der Waals surface area (Å²) in [5.41, 5.74) is 0.857. The standard InChI is InChI=1S/C14H15NO4S2/c1-2-15(10-11-6-4-3-5-7-11)21(18,19)12-8-9-20-13(12)14(16)17/h3-9H,2,10H2,1H3,(H,16,17). The number of nitrogens with zero attached hydrogens (tertiary/aromatic N) is 1. The third-order valence-corrected chi connectivity index (χ3v) is 5.99. The Morgan fingerprint density at radius 1 is 1.24 bits per heavy atom. The molecule has 0 amide bonds. The average molecular weight is 325 g/mol. The van der Waals surface area contributed by atoms with Gasteiger partial charge in [-0.2, -0.15) is 4.31 Å². The van der Waals surface area contributed by atoms with Gasteiger partial charge >= 0.3 is 5.97 Å². The summed E-state index contributed by atoms with van der Waals surface area (Å²) >= 11 is 0.913. The van der Waals surface area contributed by atoms with Crippen LogP contribution >= 0.6 is 11.3 Å². The number of thiophene rings is 1. The third kappa shape index (κ3) is 3.31. The summed E-state index contributed by atoms with van der Waals surface area (Å²) in [4.78, 5) is 10.8. The normalized spacial score (nSPS) is 11.7. The van der Waals surface area contributed by atoms with Gasteiger partial charge in [-0.05, 0) is 17.0 Å². The fourth-order valence-electron chi connectivity index (χ4n) is 1.95. The molecule has 0 saturated heterocycles. The van der Waals surface area contributed by atoms with E-state index in [0.29, 0.717) is 0 Å². The van der Waals surface area contributed by atoms with Crippen LogP contribution in [-0.4, -0.2) is 30.3 Å². The van der Waals surface area contributed by atoms with Crippen LogP contribution in [0, 0.1) is 0 Å². The van der Waals surface area contributed by atoms with E-state index in [-0.39, 0.29) is 22.9 Å². The molecule has 0 aliphatic heterocycles. The van der Waals surface area contributed by atoms with Crippen molar-refractivity contribution in [1.29, 1.82) is 0 Å². The van der Waals surface area contributed by atoms with Crippen molar-refractivity contribution in [2.45, 2.75) is 18.4 Å². The van der Waals surface area contributed by atoms with Gasteiger partial charge in [-0.15, -0.1) is 11.3 Å². The average Bonchev–Trinajstić information content (AvgIpc) is 2.96. The molecule has 1 N–H and O–H groups in total. The van der Waals surface area contributed by atoms with Crippen LogP contribution in [0.1, 0.15) is 22.2 Å². The van der Waals surface area contributed by atoms with E-state index in [4.69, 9.17) is 5.11 Å². The number of aromatic carboxylic acids is 1. The van der Waals surface area contributed by atoms with Gasteiger partial charge < -0.3 is 5.11 Å². The molecule has 0 aliphatic rings. The van der Waals surface area contributed by atoms with Crippen molar-refractivity contribution < 1.29 is 18.3 Å². The van der Waals surface area contributed by atoms with E-state index in [9.17, 15) is 13.2 Å². The van der Waals surface area contributed by atoms with E-state index in [0.717, 1.165) is 16.9 Å². The number of rotatable bonds is 6. The first-order valence-corrected chi connectivity index (χ1v) is 8.63. The molecule has 2 aromatic rings. The predicted molar refractivity (Wildman–Crippen MR) is 81.0 cm³/mol. The molecule has 0 fully saturated rings. The Morgan fingerprint density at radius 3 is 2.48 bits per heavy atom. The molecule has 0 saturated carbocycles. The van der Waals surface area contributed by atoms with Crippen molar-refractivity contribution in [1.82, 2.24) is 4.31 Å². The molecule has 1 heterocycles. The quantitative estimate of drug-likeness (QED) is 0.886. The molecule has 5 nitrogen and oxygen atoms in total. The molecule has 0 radical (unpaired) electrons. The fourth-order valence-corrected chi connectivity index (χ4v) is 4.62. The van der Waals surface area contributed by atoms with Crippen molar-refractivity contribution in [3.63, 3.8) is 0 Å². The lowest BCUT2D eigenvalue weighted by Gasteiger charge is -2.20. The van der Waals surface area contributed by atoms with Crippen molar-refractivity contribution in [2.24, 2.45) is 0 Å². The highest BCUT2D eigenvalue weighted by molar-refractivity contribution is 7.89. The molecule has 21 heavy (non-hydrogen) atoms. The molecule has 2 rings (SSSR count). The summed E-state index contributed by atoms with van der Waals surface area (Å²) in [5.74, 6) is -1.22. The Kier molecular flexibility index (Phi) is 4.76. The van der Waals surface area contributed by atoms with Crippen LogP contribution in [0.25, 0.3) is 0 Å². The lowest BCUT2D eigenvalue weighted by Crippen LogP contribution is -2.31. The molecular formula is C14H15NO4S2. The molecule has 112 valence electrons. The monoisotopic (exact) mass is 325 g/mol. The van der Waals surface area contributed by atoms with E-state index in [1.54, 1.807) is 6.92 Å². The second-order valence-corrected chi connectivity index (χ2v) is 7.16. The van der Waals surface area contributed by atoms with Crippen molar-refractivity contribution in [3.8, 4) is 0 Å². The first kappa shape index (κ1) is 15.7. The maximum Gasteiger partial charge on any atom is 0.347 e. The summed E-state index contributed by atoms with van der Waals surface area (Å²) in [6, 6.07) is 10.5. The largest absolute Gasteiger partial charge is 0.477 e. The van der Waals surface area contributed by atoms with Gasteiger partial charge in [0, 0.05) is 13.1 Å². The summed E-state index contributed by atoms with van der Waals surface area (Å²) < 4.78 is 26.5. The molecule has 1 aromatic carbocycles. The minimum absolute atomic E-state index is 0.141. The zero-order valence-corrected chi connectivity index (χ0v) is 13.0. The molecule has 0 spiro atoms. The van der Waals surface area contributed by atoms with Crippen molar-refractivity contribution in [2.75, 3.05) is 6.54 Å².